The van der Waals surface area contributed by atoms with Crippen molar-refractivity contribution in [3.8, 4) is 0 Å². The van der Waals surface area contributed by atoms with E-state index in [2.05, 4.69) is 51.7 Å². The van der Waals surface area contributed by atoms with Gasteiger partial charge >= 0.3 is 5.97 Å². The standard InChI is InChI=1S/C21H26N4O2S/c1-14-4-5-16-17(12-14)22-18(15-6-11-28-19(15)23-16)25-9-7-24(8-10-25)13-21(2,3)20(26)27/h4-6,11-12,23H,7-10,13H2,1-3H3,(H,26,27). The van der Waals surface area contributed by atoms with E-state index in [1.54, 1.807) is 25.2 Å². The molecule has 7 heteroatoms. The van der Waals surface area contributed by atoms with Crippen LogP contribution in [0.5, 0.6) is 0 Å². The van der Waals surface area contributed by atoms with Crippen molar-refractivity contribution in [2.45, 2.75) is 20.8 Å². The van der Waals surface area contributed by atoms with Crippen molar-refractivity contribution in [2.75, 3.05) is 38.0 Å². The average Bonchev–Trinajstić information content (AvgIpc) is 3.04. The van der Waals surface area contributed by atoms with Crippen LogP contribution in [-0.4, -0.2) is 59.4 Å². The van der Waals surface area contributed by atoms with Gasteiger partial charge < -0.3 is 15.3 Å². The molecule has 2 N–H and O–H groups in total. The molecule has 2 aliphatic heterocycles. The van der Waals surface area contributed by atoms with E-state index in [0.29, 0.717) is 6.54 Å². The van der Waals surface area contributed by atoms with E-state index in [1.807, 2.05) is 0 Å². The molecule has 0 unspecified atom stereocenters. The molecule has 0 amide bonds. The first-order chi connectivity index (χ1) is 13.3. The number of amidine groups is 1. The normalized spacial score (nSPS) is 17.2. The predicted molar refractivity (Wildman–Crippen MR) is 114 cm³/mol. The number of hydrogen-bond donors (Lipinski definition) is 2. The van der Waals surface area contributed by atoms with E-state index in [4.69, 9.17) is 4.99 Å². The molecule has 1 aromatic carbocycles. The minimum atomic E-state index is -0.746. The van der Waals surface area contributed by atoms with Crippen LogP contribution in [0, 0.1) is 12.3 Å². The minimum Gasteiger partial charge on any atom is -0.481 e. The zero-order valence-electron chi connectivity index (χ0n) is 16.5. The average molecular weight is 399 g/mol. The van der Waals surface area contributed by atoms with Gasteiger partial charge in [0.25, 0.3) is 0 Å². The fourth-order valence-corrected chi connectivity index (χ4v) is 4.50. The van der Waals surface area contributed by atoms with Gasteiger partial charge in [0.05, 0.1) is 22.4 Å². The van der Waals surface area contributed by atoms with Crippen molar-refractivity contribution in [1.82, 2.24) is 9.80 Å². The number of benzene rings is 1. The topological polar surface area (TPSA) is 68.2 Å². The summed E-state index contributed by atoms with van der Waals surface area (Å²) in [6, 6.07) is 8.43. The van der Waals surface area contributed by atoms with Crippen molar-refractivity contribution in [3.63, 3.8) is 0 Å². The number of carboxylic acid groups (broad SMARTS) is 1. The number of thiophene rings is 1. The molecule has 0 spiro atoms. The molecule has 4 rings (SSSR count). The maximum Gasteiger partial charge on any atom is 0.310 e. The lowest BCUT2D eigenvalue weighted by Crippen LogP contribution is -2.52. The number of aryl methyl sites for hydroxylation is 1. The summed E-state index contributed by atoms with van der Waals surface area (Å²) in [7, 11) is 0. The Hall–Kier alpha value is -2.38. The summed E-state index contributed by atoms with van der Waals surface area (Å²) in [4.78, 5) is 21.0. The van der Waals surface area contributed by atoms with Gasteiger partial charge in [0.2, 0.25) is 0 Å². The number of nitrogens with zero attached hydrogens (tertiary/aromatic N) is 3. The number of nitrogens with one attached hydrogen (secondary N) is 1. The van der Waals surface area contributed by atoms with Crippen LogP contribution in [0.4, 0.5) is 16.4 Å². The zero-order valence-corrected chi connectivity index (χ0v) is 17.3. The highest BCUT2D eigenvalue weighted by Crippen LogP contribution is 2.38. The maximum atomic E-state index is 11.4. The molecule has 28 heavy (non-hydrogen) atoms. The second kappa shape index (κ2) is 7.22. The number of rotatable bonds is 3. The van der Waals surface area contributed by atoms with Crippen LogP contribution in [0.1, 0.15) is 25.0 Å². The Bertz CT molecular complexity index is 926. The fourth-order valence-electron chi connectivity index (χ4n) is 3.70. The first-order valence-electron chi connectivity index (χ1n) is 9.58. The Morgan fingerprint density at radius 1 is 1.25 bits per heavy atom. The Labute approximate surface area is 169 Å². The quantitative estimate of drug-likeness (QED) is 0.820. The van der Waals surface area contributed by atoms with Gasteiger partial charge in [-0.25, -0.2) is 4.99 Å². The van der Waals surface area contributed by atoms with Crippen molar-refractivity contribution >= 4 is 39.5 Å². The van der Waals surface area contributed by atoms with Gasteiger partial charge in [-0.2, -0.15) is 0 Å². The molecular formula is C21H26N4O2S. The number of hydrogen-bond acceptors (Lipinski definition) is 6. The van der Waals surface area contributed by atoms with Gasteiger partial charge in [-0.05, 0) is 49.9 Å². The summed E-state index contributed by atoms with van der Waals surface area (Å²) < 4.78 is 0. The van der Waals surface area contributed by atoms with Gasteiger partial charge in [-0.1, -0.05) is 6.07 Å². The summed E-state index contributed by atoms with van der Waals surface area (Å²) >= 11 is 1.69. The highest BCUT2D eigenvalue weighted by molar-refractivity contribution is 7.14. The van der Waals surface area contributed by atoms with Crippen LogP contribution in [0.3, 0.4) is 0 Å². The molecule has 1 fully saturated rings. The number of aliphatic imine (C=N–C) groups is 1. The molecule has 0 aliphatic carbocycles. The molecule has 0 radical (unpaired) electrons. The third kappa shape index (κ3) is 3.64. The largest absolute Gasteiger partial charge is 0.481 e. The fraction of sp³-hybridized carbons (Fsp3) is 0.429. The van der Waals surface area contributed by atoms with E-state index >= 15 is 0 Å². The molecule has 1 saturated heterocycles. The third-order valence-corrected chi connectivity index (χ3v) is 6.23. The molecule has 1 aromatic heterocycles. The highest BCUT2D eigenvalue weighted by atomic mass is 32.1. The van der Waals surface area contributed by atoms with Crippen LogP contribution in [-0.2, 0) is 4.79 Å². The zero-order chi connectivity index (χ0) is 19.9. The summed E-state index contributed by atoms with van der Waals surface area (Å²) in [5, 5.41) is 16.1. The van der Waals surface area contributed by atoms with E-state index < -0.39 is 11.4 Å². The van der Waals surface area contributed by atoms with Crippen molar-refractivity contribution < 1.29 is 9.90 Å². The molecular weight excluding hydrogens is 372 g/mol. The molecule has 6 nitrogen and oxygen atoms in total. The molecule has 0 saturated carbocycles. The molecule has 3 heterocycles. The maximum absolute atomic E-state index is 11.4. The first-order valence-corrected chi connectivity index (χ1v) is 10.5. The number of piperazine rings is 1. The lowest BCUT2D eigenvalue weighted by Gasteiger charge is -2.38. The second-order valence-corrected chi connectivity index (χ2v) is 9.11. The van der Waals surface area contributed by atoms with Crippen molar-refractivity contribution in [2.24, 2.45) is 10.4 Å². The van der Waals surface area contributed by atoms with E-state index in [1.165, 1.54) is 5.56 Å². The monoisotopic (exact) mass is 398 g/mol. The van der Waals surface area contributed by atoms with Gasteiger partial charge in [0.1, 0.15) is 10.8 Å². The van der Waals surface area contributed by atoms with Gasteiger partial charge in [0.15, 0.2) is 0 Å². The first kappa shape index (κ1) is 19.0. The number of fused-ring (bicyclic) bond motifs is 2. The summed E-state index contributed by atoms with van der Waals surface area (Å²) in [6.07, 6.45) is 0. The number of carboxylic acids is 1. The molecule has 0 bridgehead atoms. The van der Waals surface area contributed by atoms with Crippen LogP contribution in [0.15, 0.2) is 34.6 Å². The van der Waals surface area contributed by atoms with Gasteiger partial charge in [-0.15, -0.1) is 11.3 Å². The van der Waals surface area contributed by atoms with Crippen LogP contribution in [0.2, 0.25) is 0 Å². The van der Waals surface area contributed by atoms with E-state index in [0.717, 1.165) is 54.0 Å². The molecule has 2 aliphatic rings. The minimum absolute atomic E-state index is 0.565. The van der Waals surface area contributed by atoms with Gasteiger partial charge in [0, 0.05) is 32.7 Å². The Morgan fingerprint density at radius 3 is 2.71 bits per heavy atom. The lowest BCUT2D eigenvalue weighted by atomic mass is 9.93. The number of anilines is 2. The Balaban J connectivity index is 1.57. The van der Waals surface area contributed by atoms with Crippen molar-refractivity contribution in [1.29, 1.82) is 0 Å². The SMILES string of the molecule is Cc1ccc2c(c1)N=C(N1CCN(CC(C)(C)C(=O)O)CC1)c1ccsc1N2. The summed E-state index contributed by atoms with van der Waals surface area (Å²) in [6.45, 7) is 9.58. The van der Waals surface area contributed by atoms with Crippen molar-refractivity contribution in [3.05, 3.63) is 40.8 Å². The Kier molecular flexibility index (Phi) is 4.89. The van der Waals surface area contributed by atoms with Gasteiger partial charge in [-0.3, -0.25) is 9.69 Å². The number of aliphatic carboxylic acids is 1. The van der Waals surface area contributed by atoms with E-state index in [-0.39, 0.29) is 0 Å². The predicted octanol–water partition coefficient (Wildman–Crippen LogP) is 3.92. The second-order valence-electron chi connectivity index (χ2n) is 8.20. The van der Waals surface area contributed by atoms with E-state index in [9.17, 15) is 9.90 Å². The summed E-state index contributed by atoms with van der Waals surface area (Å²) in [5.41, 5.74) is 3.59. The Morgan fingerprint density at radius 2 is 2.00 bits per heavy atom. The molecule has 148 valence electrons. The highest BCUT2D eigenvalue weighted by Gasteiger charge is 2.32. The molecule has 2 aromatic rings. The summed E-state index contributed by atoms with van der Waals surface area (Å²) in [5.74, 6) is 0.259. The van der Waals surface area contributed by atoms with Crippen LogP contribution >= 0.6 is 11.3 Å². The third-order valence-electron chi connectivity index (χ3n) is 5.40. The van der Waals surface area contributed by atoms with Crippen LogP contribution in [0.25, 0.3) is 0 Å². The number of carbonyl (C=O) groups is 1. The molecule has 0 atom stereocenters. The van der Waals surface area contributed by atoms with Crippen LogP contribution < -0.4 is 5.32 Å². The lowest BCUT2D eigenvalue weighted by molar-refractivity contribution is -0.148. The smallest absolute Gasteiger partial charge is 0.310 e.